The maximum atomic E-state index is 10.7. The van der Waals surface area contributed by atoms with Crippen LogP contribution in [0.3, 0.4) is 0 Å². The van der Waals surface area contributed by atoms with E-state index in [-0.39, 0.29) is 5.60 Å². The monoisotopic (exact) mass is 264 g/mol. The molecular weight excluding hydrogens is 240 g/mol. The summed E-state index contributed by atoms with van der Waals surface area (Å²) in [7, 11) is 0. The predicted molar refractivity (Wildman–Crippen MR) is 75.4 cm³/mol. The minimum atomic E-state index is -0.550. The Morgan fingerprint density at radius 3 is 2.26 bits per heavy atom. The molecule has 0 bridgehead atoms. The van der Waals surface area contributed by atoms with Gasteiger partial charge in [0.15, 0.2) is 0 Å². The Morgan fingerprint density at radius 2 is 1.74 bits per heavy atom. The van der Waals surface area contributed by atoms with Gasteiger partial charge in [-0.3, -0.25) is 0 Å². The van der Waals surface area contributed by atoms with E-state index in [0.29, 0.717) is 13.2 Å². The first kappa shape index (κ1) is 14.4. The molecule has 0 spiro atoms. The largest absolute Gasteiger partial charge is 0.494 e. The lowest BCUT2D eigenvalue weighted by molar-refractivity contribution is -0.118. The second-order valence-electron chi connectivity index (χ2n) is 5.11. The summed E-state index contributed by atoms with van der Waals surface area (Å²) in [6.45, 7) is 5.26. The van der Waals surface area contributed by atoms with Crippen LogP contribution in [0.25, 0.3) is 0 Å². The molecule has 19 heavy (non-hydrogen) atoms. The normalized spacial score (nSPS) is 19.3. The lowest BCUT2D eigenvalue weighted by atomic mass is 9.89. The molecule has 1 aliphatic rings. The second kappa shape index (κ2) is 6.40. The van der Waals surface area contributed by atoms with E-state index in [1.165, 1.54) is 0 Å². The topological polar surface area (TPSA) is 38.7 Å². The van der Waals surface area contributed by atoms with Crippen LogP contribution < -0.4 is 4.74 Å². The molecule has 2 rings (SSSR count). The Morgan fingerprint density at radius 1 is 1.11 bits per heavy atom. The van der Waals surface area contributed by atoms with Crippen LogP contribution in [0.5, 0.6) is 5.75 Å². The number of benzene rings is 1. The molecule has 3 heteroatoms. The minimum absolute atomic E-state index is 0.387. The van der Waals surface area contributed by atoms with Crippen molar-refractivity contribution in [1.29, 1.82) is 0 Å². The van der Waals surface area contributed by atoms with E-state index in [1.54, 1.807) is 0 Å². The first-order valence-corrected chi connectivity index (χ1v) is 7.26. The lowest BCUT2D eigenvalue weighted by Gasteiger charge is -2.34. The molecule has 0 amide bonds. The molecule has 0 saturated heterocycles. The van der Waals surface area contributed by atoms with Crippen molar-refractivity contribution in [1.82, 2.24) is 0 Å². The smallest absolute Gasteiger partial charge is 0.119 e. The number of hydrogen-bond donors (Lipinski definition) is 1. The molecule has 1 atom stereocenters. The van der Waals surface area contributed by atoms with Crippen molar-refractivity contribution in [2.45, 2.75) is 51.2 Å². The summed E-state index contributed by atoms with van der Waals surface area (Å²) < 4.78 is 11.3. The number of aliphatic hydroxyl groups excluding tert-OH is 1. The molecule has 1 saturated carbocycles. The van der Waals surface area contributed by atoms with Crippen LogP contribution in [-0.2, 0) is 4.74 Å². The second-order valence-corrected chi connectivity index (χ2v) is 5.11. The van der Waals surface area contributed by atoms with Gasteiger partial charge in [-0.25, -0.2) is 0 Å². The average Bonchev–Trinajstić information content (AvgIpc) is 2.89. The zero-order valence-corrected chi connectivity index (χ0v) is 11.9. The molecule has 0 aromatic heterocycles. The maximum absolute atomic E-state index is 10.7. The van der Waals surface area contributed by atoms with Gasteiger partial charge in [0.2, 0.25) is 0 Å². The molecule has 1 unspecified atom stereocenters. The van der Waals surface area contributed by atoms with Gasteiger partial charge in [0.25, 0.3) is 0 Å². The van der Waals surface area contributed by atoms with E-state index in [2.05, 4.69) is 0 Å². The number of rotatable bonds is 6. The van der Waals surface area contributed by atoms with Gasteiger partial charge in [0.05, 0.1) is 12.2 Å². The van der Waals surface area contributed by atoms with Crippen LogP contribution in [0.4, 0.5) is 0 Å². The first-order chi connectivity index (χ1) is 9.22. The van der Waals surface area contributed by atoms with Gasteiger partial charge in [-0.1, -0.05) is 25.0 Å². The van der Waals surface area contributed by atoms with Gasteiger partial charge >= 0.3 is 0 Å². The van der Waals surface area contributed by atoms with Crippen LogP contribution in [-0.4, -0.2) is 23.9 Å². The van der Waals surface area contributed by atoms with Crippen LogP contribution in [0.1, 0.15) is 51.2 Å². The summed E-state index contributed by atoms with van der Waals surface area (Å²) >= 11 is 0. The van der Waals surface area contributed by atoms with E-state index in [9.17, 15) is 5.11 Å². The molecule has 106 valence electrons. The molecule has 1 aliphatic carbocycles. The van der Waals surface area contributed by atoms with Crippen LogP contribution >= 0.6 is 0 Å². The van der Waals surface area contributed by atoms with Gasteiger partial charge in [0, 0.05) is 6.61 Å². The van der Waals surface area contributed by atoms with Crippen molar-refractivity contribution in [3.8, 4) is 5.75 Å². The molecule has 3 nitrogen and oxygen atoms in total. The van der Waals surface area contributed by atoms with Gasteiger partial charge in [0.1, 0.15) is 11.9 Å². The van der Waals surface area contributed by atoms with Crippen LogP contribution in [0.15, 0.2) is 24.3 Å². The SMILES string of the molecule is CCOc1ccc(C(O)C2(OCC)CCCC2)cc1. The summed E-state index contributed by atoms with van der Waals surface area (Å²) in [6.07, 6.45) is 3.60. The molecular formula is C16H24O3. The zero-order valence-electron chi connectivity index (χ0n) is 11.9. The van der Waals surface area contributed by atoms with Crippen molar-refractivity contribution >= 4 is 0 Å². The van der Waals surface area contributed by atoms with E-state index in [4.69, 9.17) is 9.47 Å². The summed E-state index contributed by atoms with van der Waals surface area (Å²) in [5.74, 6) is 0.843. The fourth-order valence-corrected chi connectivity index (χ4v) is 2.97. The van der Waals surface area contributed by atoms with Crippen molar-refractivity contribution in [3.05, 3.63) is 29.8 Å². The number of aliphatic hydroxyl groups is 1. The fraction of sp³-hybridized carbons (Fsp3) is 0.625. The van der Waals surface area contributed by atoms with Crippen molar-refractivity contribution in [2.24, 2.45) is 0 Å². The molecule has 0 heterocycles. The molecule has 1 aromatic rings. The summed E-state index contributed by atoms with van der Waals surface area (Å²) in [6, 6.07) is 7.71. The number of ether oxygens (including phenoxy) is 2. The molecule has 1 aromatic carbocycles. The van der Waals surface area contributed by atoms with Gasteiger partial charge in [-0.2, -0.15) is 0 Å². The predicted octanol–water partition coefficient (Wildman–Crippen LogP) is 3.47. The Labute approximate surface area is 115 Å². The highest BCUT2D eigenvalue weighted by Gasteiger charge is 2.42. The first-order valence-electron chi connectivity index (χ1n) is 7.26. The minimum Gasteiger partial charge on any atom is -0.494 e. The fourth-order valence-electron chi connectivity index (χ4n) is 2.97. The molecule has 1 N–H and O–H groups in total. The molecule has 0 aliphatic heterocycles. The summed E-state index contributed by atoms with van der Waals surface area (Å²) in [5.41, 5.74) is 0.529. The van der Waals surface area contributed by atoms with Crippen molar-refractivity contribution in [3.63, 3.8) is 0 Å². The Bertz CT molecular complexity index is 379. The third-order valence-electron chi connectivity index (χ3n) is 3.89. The van der Waals surface area contributed by atoms with E-state index < -0.39 is 6.10 Å². The summed E-state index contributed by atoms with van der Waals surface area (Å²) in [5, 5.41) is 10.7. The van der Waals surface area contributed by atoms with Crippen LogP contribution in [0.2, 0.25) is 0 Å². The Kier molecular flexibility index (Phi) is 4.83. The standard InChI is InChI=1S/C16H24O3/c1-3-18-14-9-7-13(8-10-14)15(17)16(19-4-2)11-5-6-12-16/h7-10,15,17H,3-6,11-12H2,1-2H3. The molecule has 0 radical (unpaired) electrons. The average molecular weight is 264 g/mol. The highest BCUT2D eigenvalue weighted by atomic mass is 16.5. The van der Waals surface area contributed by atoms with Crippen LogP contribution in [0, 0.1) is 0 Å². The van der Waals surface area contributed by atoms with E-state index >= 15 is 0 Å². The lowest BCUT2D eigenvalue weighted by Crippen LogP contribution is -2.36. The summed E-state index contributed by atoms with van der Waals surface area (Å²) in [4.78, 5) is 0. The van der Waals surface area contributed by atoms with Gasteiger partial charge in [-0.05, 0) is 44.4 Å². The maximum Gasteiger partial charge on any atom is 0.119 e. The highest BCUT2D eigenvalue weighted by molar-refractivity contribution is 5.30. The Hall–Kier alpha value is -1.06. The van der Waals surface area contributed by atoms with Gasteiger partial charge in [-0.15, -0.1) is 0 Å². The van der Waals surface area contributed by atoms with Crippen molar-refractivity contribution < 1.29 is 14.6 Å². The zero-order chi connectivity index (χ0) is 13.7. The highest BCUT2D eigenvalue weighted by Crippen LogP contribution is 2.43. The third-order valence-corrected chi connectivity index (χ3v) is 3.89. The van der Waals surface area contributed by atoms with E-state index in [1.807, 2.05) is 38.1 Å². The molecule has 1 fully saturated rings. The van der Waals surface area contributed by atoms with Crippen molar-refractivity contribution in [2.75, 3.05) is 13.2 Å². The Balaban J connectivity index is 2.14. The number of hydrogen-bond acceptors (Lipinski definition) is 3. The van der Waals surface area contributed by atoms with Gasteiger partial charge < -0.3 is 14.6 Å². The third kappa shape index (κ3) is 3.10. The van der Waals surface area contributed by atoms with E-state index in [0.717, 1.165) is 37.0 Å². The quantitative estimate of drug-likeness (QED) is 0.855.